The molecule has 0 atom stereocenters. The average molecular weight is 249 g/mol. The molecule has 0 saturated carbocycles. The Morgan fingerprint density at radius 2 is 2.24 bits per heavy atom. The maximum absolute atomic E-state index is 5.82. The summed E-state index contributed by atoms with van der Waals surface area (Å²) in [5, 5.41) is 3.15. The maximum Gasteiger partial charge on any atom is 0.193 e. The fourth-order valence-corrected chi connectivity index (χ4v) is 2.37. The minimum absolute atomic E-state index is 0.511. The Kier molecular flexibility index (Phi) is 4.31. The quantitative estimate of drug-likeness (QED) is 0.489. The number of benzene rings is 1. The predicted molar refractivity (Wildman–Crippen MR) is 77.0 cm³/mol. The fraction of sp³-hybridized carbons (Fsp3) is 0.462. The van der Waals surface area contributed by atoms with Gasteiger partial charge < -0.3 is 11.1 Å². The molecule has 92 valence electrons. The monoisotopic (exact) mass is 249 g/mol. The van der Waals surface area contributed by atoms with Crippen molar-refractivity contribution in [3.05, 3.63) is 29.3 Å². The number of thioether (sulfide) groups is 1. The third-order valence-corrected chi connectivity index (χ3v) is 3.54. The van der Waals surface area contributed by atoms with E-state index in [1.165, 1.54) is 30.4 Å². The standard InChI is InChI=1S/C13H19N3S/c1-17-8-7-15-13(14)16-12-6-5-10-3-2-4-11(10)9-12/h5-6,9H,2-4,7-8H2,1H3,(H3,14,15,16). The van der Waals surface area contributed by atoms with Gasteiger partial charge in [0.05, 0.1) is 6.54 Å². The van der Waals surface area contributed by atoms with Crippen LogP contribution in [0, 0.1) is 0 Å². The zero-order valence-electron chi connectivity index (χ0n) is 10.2. The van der Waals surface area contributed by atoms with Gasteiger partial charge in [-0.2, -0.15) is 11.8 Å². The summed E-state index contributed by atoms with van der Waals surface area (Å²) in [6.45, 7) is 0.769. The molecule has 0 fully saturated rings. The Hall–Kier alpha value is -1.16. The van der Waals surface area contributed by atoms with Crippen LogP contribution in [-0.2, 0) is 12.8 Å². The highest BCUT2D eigenvalue weighted by molar-refractivity contribution is 7.98. The number of rotatable bonds is 4. The lowest BCUT2D eigenvalue weighted by molar-refractivity contribution is 0.912. The highest BCUT2D eigenvalue weighted by atomic mass is 32.2. The summed E-state index contributed by atoms with van der Waals surface area (Å²) in [7, 11) is 0. The van der Waals surface area contributed by atoms with E-state index in [0.717, 1.165) is 18.0 Å². The molecule has 3 N–H and O–H groups in total. The topological polar surface area (TPSA) is 50.4 Å². The summed E-state index contributed by atoms with van der Waals surface area (Å²) in [5.74, 6) is 1.52. The number of anilines is 1. The van der Waals surface area contributed by atoms with Crippen LogP contribution in [0.25, 0.3) is 0 Å². The van der Waals surface area contributed by atoms with Crippen molar-refractivity contribution in [1.82, 2.24) is 0 Å². The Morgan fingerprint density at radius 3 is 3.06 bits per heavy atom. The first-order chi connectivity index (χ1) is 8.29. The number of nitrogens with zero attached hydrogens (tertiary/aromatic N) is 1. The number of hydrogen-bond acceptors (Lipinski definition) is 2. The van der Waals surface area contributed by atoms with Crippen molar-refractivity contribution in [3.63, 3.8) is 0 Å². The molecule has 1 aromatic rings. The zero-order valence-corrected chi connectivity index (χ0v) is 11.0. The fourth-order valence-electron chi connectivity index (χ4n) is 2.09. The molecule has 0 amide bonds. The van der Waals surface area contributed by atoms with Gasteiger partial charge in [0.15, 0.2) is 5.96 Å². The molecule has 2 rings (SSSR count). The molecular weight excluding hydrogens is 230 g/mol. The zero-order chi connectivity index (χ0) is 12.1. The second kappa shape index (κ2) is 5.96. The largest absolute Gasteiger partial charge is 0.370 e. The maximum atomic E-state index is 5.82. The van der Waals surface area contributed by atoms with Crippen molar-refractivity contribution < 1.29 is 0 Å². The van der Waals surface area contributed by atoms with E-state index in [1.54, 1.807) is 11.8 Å². The van der Waals surface area contributed by atoms with E-state index in [0.29, 0.717) is 5.96 Å². The van der Waals surface area contributed by atoms with Crippen LogP contribution in [0.4, 0.5) is 5.69 Å². The third-order valence-electron chi connectivity index (χ3n) is 2.95. The molecule has 1 aromatic carbocycles. The smallest absolute Gasteiger partial charge is 0.193 e. The van der Waals surface area contributed by atoms with Crippen LogP contribution in [0.5, 0.6) is 0 Å². The molecule has 0 heterocycles. The van der Waals surface area contributed by atoms with E-state index >= 15 is 0 Å². The number of hydrogen-bond donors (Lipinski definition) is 2. The molecule has 0 unspecified atom stereocenters. The number of aryl methyl sites for hydroxylation is 2. The summed E-state index contributed by atoms with van der Waals surface area (Å²) in [5.41, 5.74) is 9.80. The summed E-state index contributed by atoms with van der Waals surface area (Å²) < 4.78 is 0. The van der Waals surface area contributed by atoms with Gasteiger partial charge in [0.1, 0.15) is 0 Å². The molecule has 1 aliphatic rings. The minimum atomic E-state index is 0.511. The summed E-state index contributed by atoms with van der Waals surface area (Å²) in [6.07, 6.45) is 5.75. The molecule has 0 bridgehead atoms. The van der Waals surface area contributed by atoms with Crippen LogP contribution < -0.4 is 11.1 Å². The number of aliphatic imine (C=N–C) groups is 1. The SMILES string of the molecule is CSCCN=C(N)Nc1ccc2c(c1)CCC2. The Morgan fingerprint density at radius 1 is 1.41 bits per heavy atom. The van der Waals surface area contributed by atoms with E-state index in [4.69, 9.17) is 5.73 Å². The van der Waals surface area contributed by atoms with Gasteiger partial charge in [0, 0.05) is 11.4 Å². The lowest BCUT2D eigenvalue weighted by Gasteiger charge is -2.07. The van der Waals surface area contributed by atoms with Gasteiger partial charge in [-0.15, -0.1) is 0 Å². The molecule has 0 aromatic heterocycles. The highest BCUT2D eigenvalue weighted by Gasteiger charge is 2.10. The normalized spacial score (nSPS) is 14.8. The lowest BCUT2D eigenvalue weighted by Crippen LogP contribution is -2.23. The molecule has 0 spiro atoms. The molecule has 0 aliphatic heterocycles. The van der Waals surface area contributed by atoms with E-state index in [2.05, 4.69) is 34.8 Å². The van der Waals surface area contributed by atoms with Crippen LogP contribution in [-0.4, -0.2) is 24.5 Å². The lowest BCUT2D eigenvalue weighted by atomic mass is 10.1. The second-order valence-corrected chi connectivity index (χ2v) is 5.21. The van der Waals surface area contributed by atoms with E-state index in [1.807, 2.05) is 0 Å². The molecule has 1 aliphatic carbocycles. The van der Waals surface area contributed by atoms with Gasteiger partial charge in [-0.3, -0.25) is 4.99 Å². The van der Waals surface area contributed by atoms with Crippen molar-refractivity contribution in [2.45, 2.75) is 19.3 Å². The van der Waals surface area contributed by atoms with Crippen LogP contribution >= 0.6 is 11.8 Å². The van der Waals surface area contributed by atoms with E-state index < -0.39 is 0 Å². The summed E-state index contributed by atoms with van der Waals surface area (Å²) in [4.78, 5) is 4.27. The Labute approximate surface area is 107 Å². The van der Waals surface area contributed by atoms with Gasteiger partial charge in [0.2, 0.25) is 0 Å². The first-order valence-corrected chi connectivity index (χ1v) is 7.36. The van der Waals surface area contributed by atoms with Gasteiger partial charge in [-0.05, 0) is 48.8 Å². The van der Waals surface area contributed by atoms with Crippen LogP contribution in [0.2, 0.25) is 0 Å². The Balaban J connectivity index is 1.96. The molecule has 4 heteroatoms. The summed E-state index contributed by atoms with van der Waals surface area (Å²) in [6, 6.07) is 6.47. The van der Waals surface area contributed by atoms with Crippen molar-refractivity contribution in [2.24, 2.45) is 10.7 Å². The molecule has 17 heavy (non-hydrogen) atoms. The van der Waals surface area contributed by atoms with Crippen molar-refractivity contribution in [3.8, 4) is 0 Å². The highest BCUT2D eigenvalue weighted by Crippen LogP contribution is 2.24. The number of guanidine groups is 1. The molecular formula is C13H19N3S. The van der Waals surface area contributed by atoms with Crippen molar-refractivity contribution in [1.29, 1.82) is 0 Å². The number of fused-ring (bicyclic) bond motifs is 1. The predicted octanol–water partition coefficient (Wildman–Crippen LogP) is 2.26. The number of nitrogens with one attached hydrogen (secondary N) is 1. The minimum Gasteiger partial charge on any atom is -0.370 e. The van der Waals surface area contributed by atoms with Gasteiger partial charge in [-0.25, -0.2) is 0 Å². The molecule has 0 radical (unpaired) electrons. The van der Waals surface area contributed by atoms with Gasteiger partial charge in [0.25, 0.3) is 0 Å². The molecule has 0 saturated heterocycles. The van der Waals surface area contributed by atoms with Crippen molar-refractivity contribution in [2.75, 3.05) is 23.9 Å². The van der Waals surface area contributed by atoms with Gasteiger partial charge >= 0.3 is 0 Å². The van der Waals surface area contributed by atoms with Crippen LogP contribution in [0.3, 0.4) is 0 Å². The average Bonchev–Trinajstić information content (AvgIpc) is 2.76. The van der Waals surface area contributed by atoms with E-state index in [-0.39, 0.29) is 0 Å². The van der Waals surface area contributed by atoms with Crippen LogP contribution in [0.1, 0.15) is 17.5 Å². The van der Waals surface area contributed by atoms with Crippen molar-refractivity contribution >= 4 is 23.4 Å². The van der Waals surface area contributed by atoms with E-state index in [9.17, 15) is 0 Å². The van der Waals surface area contributed by atoms with Gasteiger partial charge in [-0.1, -0.05) is 6.07 Å². The number of nitrogens with two attached hydrogens (primary N) is 1. The Bertz CT molecular complexity index is 415. The molecule has 3 nitrogen and oxygen atoms in total. The van der Waals surface area contributed by atoms with Crippen LogP contribution in [0.15, 0.2) is 23.2 Å². The first-order valence-electron chi connectivity index (χ1n) is 5.97. The summed E-state index contributed by atoms with van der Waals surface area (Å²) >= 11 is 1.78. The third kappa shape index (κ3) is 3.40. The first kappa shape index (κ1) is 12.3. The second-order valence-electron chi connectivity index (χ2n) is 4.22.